The van der Waals surface area contributed by atoms with Crippen LogP contribution in [-0.2, 0) is 6.18 Å². The van der Waals surface area contributed by atoms with Crippen molar-refractivity contribution in [2.45, 2.75) is 39.8 Å². The first-order valence-electron chi connectivity index (χ1n) is 9.49. The second kappa shape index (κ2) is 8.26. The molecule has 3 aromatic rings. The molecule has 0 aliphatic carbocycles. The number of benzene rings is 1. The molecule has 0 bridgehead atoms. The van der Waals surface area contributed by atoms with Crippen molar-refractivity contribution in [2.75, 3.05) is 23.3 Å². The van der Waals surface area contributed by atoms with Crippen molar-refractivity contribution in [2.24, 2.45) is 0 Å². The number of alkyl halides is 3. The van der Waals surface area contributed by atoms with E-state index in [1.165, 1.54) is 0 Å². The Labute approximate surface area is 166 Å². The maximum absolute atomic E-state index is 13.4. The first-order valence-corrected chi connectivity index (χ1v) is 9.49. The quantitative estimate of drug-likeness (QED) is 0.519. The van der Waals surface area contributed by atoms with Crippen LogP contribution in [0.2, 0.25) is 0 Å². The zero-order valence-corrected chi connectivity index (χ0v) is 16.5. The highest BCUT2D eigenvalue weighted by Gasteiger charge is 2.34. The van der Waals surface area contributed by atoms with Crippen molar-refractivity contribution in [3.63, 3.8) is 0 Å². The molecule has 156 valence electrons. The lowest BCUT2D eigenvalue weighted by Gasteiger charge is -2.27. The summed E-state index contributed by atoms with van der Waals surface area (Å²) in [5.74, 6) is 0.112. The average molecular weight is 409 g/mol. The highest BCUT2D eigenvalue weighted by Crippen LogP contribution is 2.37. The van der Waals surface area contributed by atoms with Crippen LogP contribution < -0.4 is 10.2 Å². The SMILES string of the molecule is CCCN(CCC)c1c(C)c(Nc2ccc(F)cc2C(F)(F)F)nc2ccnn12. The van der Waals surface area contributed by atoms with Crippen LogP contribution in [0, 0.1) is 12.7 Å². The number of nitrogens with one attached hydrogen (secondary N) is 1. The monoisotopic (exact) mass is 409 g/mol. The Morgan fingerprint density at radius 2 is 1.79 bits per heavy atom. The standard InChI is InChI=1S/C20H23F4N5/c1-4-10-28(11-5-2)19-13(3)18(27-17-8-9-25-29(17)19)26-16-7-6-14(21)12-15(16)20(22,23)24/h6-9,12H,4-5,10-11H2,1-3H3,(H,26,27). The highest BCUT2D eigenvalue weighted by molar-refractivity contribution is 5.71. The summed E-state index contributed by atoms with van der Waals surface area (Å²) in [6.07, 6.45) is -1.28. The molecule has 5 nitrogen and oxygen atoms in total. The summed E-state index contributed by atoms with van der Waals surface area (Å²) in [5.41, 5.74) is -0.143. The Kier molecular flexibility index (Phi) is 5.95. The van der Waals surface area contributed by atoms with Gasteiger partial charge in [-0.05, 0) is 38.0 Å². The summed E-state index contributed by atoms with van der Waals surface area (Å²) in [4.78, 5) is 6.59. The summed E-state index contributed by atoms with van der Waals surface area (Å²) < 4.78 is 55.3. The number of aromatic nitrogens is 3. The van der Waals surface area contributed by atoms with E-state index in [4.69, 9.17) is 0 Å². The molecule has 2 heterocycles. The average Bonchev–Trinajstić information content (AvgIpc) is 3.11. The van der Waals surface area contributed by atoms with E-state index in [-0.39, 0.29) is 11.5 Å². The Balaban J connectivity index is 2.14. The number of fused-ring (bicyclic) bond motifs is 1. The van der Waals surface area contributed by atoms with Gasteiger partial charge in [-0.3, -0.25) is 0 Å². The van der Waals surface area contributed by atoms with Crippen molar-refractivity contribution in [1.82, 2.24) is 14.6 Å². The van der Waals surface area contributed by atoms with Gasteiger partial charge in [-0.15, -0.1) is 0 Å². The lowest BCUT2D eigenvalue weighted by Crippen LogP contribution is -2.28. The van der Waals surface area contributed by atoms with E-state index in [9.17, 15) is 17.6 Å². The second-order valence-corrected chi connectivity index (χ2v) is 6.81. The number of rotatable bonds is 7. The molecule has 0 spiro atoms. The van der Waals surface area contributed by atoms with E-state index in [2.05, 4.69) is 34.1 Å². The van der Waals surface area contributed by atoms with Crippen molar-refractivity contribution in [3.8, 4) is 0 Å². The zero-order chi connectivity index (χ0) is 21.2. The Morgan fingerprint density at radius 1 is 1.10 bits per heavy atom. The Bertz CT molecular complexity index is 990. The van der Waals surface area contributed by atoms with E-state index in [0.717, 1.165) is 43.9 Å². The molecule has 0 aliphatic rings. The third-order valence-corrected chi connectivity index (χ3v) is 4.57. The van der Waals surface area contributed by atoms with Crippen molar-refractivity contribution >= 4 is 23.0 Å². The predicted molar refractivity (Wildman–Crippen MR) is 105 cm³/mol. The van der Waals surface area contributed by atoms with Crippen LogP contribution in [0.25, 0.3) is 5.65 Å². The summed E-state index contributed by atoms with van der Waals surface area (Å²) in [6.45, 7) is 7.47. The molecule has 0 radical (unpaired) electrons. The molecular formula is C20H23F4N5. The first kappa shape index (κ1) is 20.9. The van der Waals surface area contributed by atoms with Crippen LogP contribution >= 0.6 is 0 Å². The molecule has 0 atom stereocenters. The molecule has 2 aromatic heterocycles. The minimum atomic E-state index is -4.70. The van der Waals surface area contributed by atoms with Crippen molar-refractivity contribution < 1.29 is 17.6 Å². The maximum atomic E-state index is 13.4. The first-order chi connectivity index (χ1) is 13.8. The number of halogens is 4. The molecule has 1 N–H and O–H groups in total. The third kappa shape index (κ3) is 4.28. The summed E-state index contributed by atoms with van der Waals surface area (Å²) >= 11 is 0. The van der Waals surface area contributed by atoms with Gasteiger partial charge in [0.2, 0.25) is 0 Å². The van der Waals surface area contributed by atoms with Crippen molar-refractivity contribution in [1.29, 1.82) is 0 Å². The number of hydrogen-bond acceptors (Lipinski definition) is 4. The fourth-order valence-electron chi connectivity index (χ4n) is 3.35. The zero-order valence-electron chi connectivity index (χ0n) is 16.5. The second-order valence-electron chi connectivity index (χ2n) is 6.81. The van der Waals surface area contributed by atoms with Gasteiger partial charge in [0, 0.05) is 24.7 Å². The lowest BCUT2D eigenvalue weighted by molar-refractivity contribution is -0.137. The van der Waals surface area contributed by atoms with Crippen LogP contribution in [0.5, 0.6) is 0 Å². The van der Waals surface area contributed by atoms with Gasteiger partial charge in [0.05, 0.1) is 17.4 Å². The Morgan fingerprint density at radius 3 is 2.41 bits per heavy atom. The van der Waals surface area contributed by atoms with E-state index in [1.54, 1.807) is 23.7 Å². The molecule has 29 heavy (non-hydrogen) atoms. The number of nitrogens with zero attached hydrogens (tertiary/aromatic N) is 4. The predicted octanol–water partition coefficient (Wildman–Crippen LogP) is 5.57. The maximum Gasteiger partial charge on any atom is 0.418 e. The molecular weight excluding hydrogens is 386 g/mol. The van der Waals surface area contributed by atoms with Gasteiger partial charge in [-0.1, -0.05) is 13.8 Å². The molecule has 3 rings (SSSR count). The topological polar surface area (TPSA) is 45.5 Å². The molecule has 0 amide bonds. The van der Waals surface area contributed by atoms with Crippen LogP contribution in [0.1, 0.15) is 37.8 Å². The van der Waals surface area contributed by atoms with Crippen LogP contribution in [-0.4, -0.2) is 27.7 Å². The van der Waals surface area contributed by atoms with Gasteiger partial charge in [-0.25, -0.2) is 9.37 Å². The van der Waals surface area contributed by atoms with Gasteiger partial charge in [0.1, 0.15) is 17.5 Å². The third-order valence-electron chi connectivity index (χ3n) is 4.57. The smallest absolute Gasteiger partial charge is 0.356 e. The van der Waals surface area contributed by atoms with Gasteiger partial charge in [0.15, 0.2) is 5.65 Å². The molecule has 0 saturated heterocycles. The molecule has 0 fully saturated rings. The number of hydrogen-bond donors (Lipinski definition) is 1. The van der Waals surface area contributed by atoms with E-state index >= 15 is 0 Å². The highest BCUT2D eigenvalue weighted by atomic mass is 19.4. The summed E-state index contributed by atoms with van der Waals surface area (Å²) in [5, 5.41) is 7.11. The molecule has 0 unspecified atom stereocenters. The molecule has 1 aromatic carbocycles. The normalized spacial score (nSPS) is 11.8. The summed E-state index contributed by atoms with van der Waals surface area (Å²) in [7, 11) is 0. The van der Waals surface area contributed by atoms with Gasteiger partial charge in [-0.2, -0.15) is 22.8 Å². The number of anilines is 3. The molecule has 9 heteroatoms. The largest absolute Gasteiger partial charge is 0.418 e. The van der Waals surface area contributed by atoms with Crippen LogP contribution in [0.3, 0.4) is 0 Å². The van der Waals surface area contributed by atoms with Crippen molar-refractivity contribution in [3.05, 3.63) is 47.4 Å². The van der Waals surface area contributed by atoms with E-state index in [0.29, 0.717) is 17.3 Å². The minimum absolute atomic E-state index is 0.248. The minimum Gasteiger partial charge on any atom is -0.356 e. The van der Waals surface area contributed by atoms with Gasteiger partial charge < -0.3 is 10.2 Å². The fraction of sp³-hybridized carbons (Fsp3) is 0.400. The molecule has 0 aliphatic heterocycles. The summed E-state index contributed by atoms with van der Waals surface area (Å²) in [6, 6.07) is 4.25. The molecule has 0 saturated carbocycles. The van der Waals surface area contributed by atoms with Crippen LogP contribution in [0.4, 0.5) is 34.9 Å². The lowest BCUT2D eigenvalue weighted by atomic mass is 10.1. The van der Waals surface area contributed by atoms with Gasteiger partial charge >= 0.3 is 6.18 Å². The Hall–Kier alpha value is -2.84. The van der Waals surface area contributed by atoms with Crippen LogP contribution in [0.15, 0.2) is 30.5 Å². The fourth-order valence-corrected chi connectivity index (χ4v) is 3.35. The van der Waals surface area contributed by atoms with E-state index < -0.39 is 17.6 Å². The van der Waals surface area contributed by atoms with E-state index in [1.807, 2.05) is 0 Å². The van der Waals surface area contributed by atoms with Gasteiger partial charge in [0.25, 0.3) is 0 Å².